The molecule has 2 radical (unpaired) electrons. The normalized spacial score (nSPS) is 13.6. The van der Waals surface area contributed by atoms with Gasteiger partial charge in [-0.15, -0.1) is 0 Å². The molecule has 20 heavy (non-hydrogen) atoms. The zero-order chi connectivity index (χ0) is 15.8. The lowest BCUT2D eigenvalue weighted by Crippen LogP contribution is -2.28. The van der Waals surface area contributed by atoms with Gasteiger partial charge < -0.3 is 10.2 Å². The zero-order valence-electron chi connectivity index (χ0n) is 12.4. The van der Waals surface area contributed by atoms with Gasteiger partial charge in [-0.05, 0) is 42.6 Å². The molecule has 1 aromatic rings. The summed E-state index contributed by atoms with van der Waals surface area (Å²) in [5.41, 5.74) is 4.54. The monoisotopic (exact) mass is 303 g/mol. The molecule has 0 bridgehead atoms. The first-order valence-electron chi connectivity index (χ1n) is 6.25. The molecule has 0 unspecified atom stereocenters. The van der Waals surface area contributed by atoms with E-state index in [4.69, 9.17) is 10.2 Å². The van der Waals surface area contributed by atoms with Gasteiger partial charge in [-0.3, -0.25) is 0 Å². The van der Waals surface area contributed by atoms with E-state index in [1.807, 2.05) is 20.8 Å². The SMILES string of the molecule is CC(C)(C)[Si]OC(C)(C)c1cc(N)cc(C(F)(F)F)c1. The Morgan fingerprint density at radius 1 is 0.950 bits per heavy atom. The number of halogens is 3. The molecule has 0 spiro atoms. The Balaban J connectivity index is 3.09. The van der Waals surface area contributed by atoms with Gasteiger partial charge in [-0.2, -0.15) is 13.2 Å². The lowest BCUT2D eigenvalue weighted by atomic mass is 9.95. The predicted molar refractivity (Wildman–Crippen MR) is 75.4 cm³/mol. The molecular weight excluding hydrogens is 283 g/mol. The highest BCUT2D eigenvalue weighted by Gasteiger charge is 2.33. The van der Waals surface area contributed by atoms with E-state index in [0.29, 0.717) is 5.56 Å². The number of nitrogen functional groups attached to an aromatic ring is 1. The van der Waals surface area contributed by atoms with E-state index < -0.39 is 17.3 Å². The van der Waals surface area contributed by atoms with Crippen molar-refractivity contribution in [1.29, 1.82) is 0 Å². The van der Waals surface area contributed by atoms with Crippen LogP contribution in [0.25, 0.3) is 0 Å². The van der Waals surface area contributed by atoms with E-state index in [0.717, 1.165) is 12.1 Å². The summed E-state index contributed by atoms with van der Waals surface area (Å²) in [5, 5.41) is -0.0372. The highest BCUT2D eigenvalue weighted by atomic mass is 28.2. The van der Waals surface area contributed by atoms with Crippen LogP contribution >= 0.6 is 0 Å². The Morgan fingerprint density at radius 3 is 1.90 bits per heavy atom. The maximum absolute atomic E-state index is 12.8. The lowest BCUT2D eigenvalue weighted by Gasteiger charge is -2.30. The fourth-order valence-corrected chi connectivity index (χ4v) is 2.18. The fraction of sp³-hybridized carbons (Fsp3) is 0.571. The molecule has 6 heteroatoms. The van der Waals surface area contributed by atoms with Crippen molar-refractivity contribution >= 4 is 15.5 Å². The minimum absolute atomic E-state index is 0.0372. The number of hydrogen-bond acceptors (Lipinski definition) is 2. The average molecular weight is 303 g/mol. The summed E-state index contributed by atoms with van der Waals surface area (Å²) in [6.45, 7) is 9.55. The Morgan fingerprint density at radius 2 is 1.45 bits per heavy atom. The van der Waals surface area contributed by atoms with Gasteiger partial charge in [0.05, 0.1) is 11.2 Å². The number of rotatable bonds is 3. The lowest BCUT2D eigenvalue weighted by molar-refractivity contribution is -0.137. The third-order valence-corrected chi connectivity index (χ3v) is 3.81. The fourth-order valence-electron chi connectivity index (χ4n) is 1.50. The van der Waals surface area contributed by atoms with Crippen LogP contribution in [0.3, 0.4) is 0 Å². The van der Waals surface area contributed by atoms with Crippen LogP contribution in [0.15, 0.2) is 18.2 Å². The van der Waals surface area contributed by atoms with Crippen molar-refractivity contribution in [3.63, 3.8) is 0 Å². The van der Waals surface area contributed by atoms with Crippen LogP contribution in [0, 0.1) is 0 Å². The van der Waals surface area contributed by atoms with Crippen molar-refractivity contribution in [2.45, 2.75) is 51.4 Å². The van der Waals surface area contributed by atoms with Crippen LogP contribution in [-0.2, 0) is 16.2 Å². The number of nitrogens with two attached hydrogens (primary N) is 1. The van der Waals surface area contributed by atoms with Crippen LogP contribution in [0.2, 0.25) is 5.04 Å². The first-order chi connectivity index (χ1) is 8.81. The molecule has 112 valence electrons. The number of benzene rings is 1. The first kappa shape index (κ1) is 17.0. The van der Waals surface area contributed by atoms with Gasteiger partial charge in [-0.25, -0.2) is 0 Å². The highest BCUT2D eigenvalue weighted by Crippen LogP contribution is 2.36. The van der Waals surface area contributed by atoms with Crippen molar-refractivity contribution in [1.82, 2.24) is 0 Å². The summed E-state index contributed by atoms with van der Waals surface area (Å²) >= 11 is 0. The van der Waals surface area contributed by atoms with E-state index in [9.17, 15) is 13.2 Å². The molecule has 0 amide bonds. The van der Waals surface area contributed by atoms with Gasteiger partial charge in [0.1, 0.15) is 0 Å². The van der Waals surface area contributed by atoms with Gasteiger partial charge in [-0.1, -0.05) is 20.8 Å². The van der Waals surface area contributed by atoms with Crippen LogP contribution in [0.5, 0.6) is 0 Å². The molecule has 0 aliphatic rings. The molecule has 2 N–H and O–H groups in total. The predicted octanol–water partition coefficient (Wildman–Crippen LogP) is 4.38. The molecule has 1 aromatic carbocycles. The molecule has 0 fully saturated rings. The second kappa shape index (κ2) is 5.41. The van der Waals surface area contributed by atoms with E-state index in [1.165, 1.54) is 6.07 Å². The molecule has 2 nitrogen and oxygen atoms in total. The first-order valence-corrected chi connectivity index (χ1v) is 7.15. The largest absolute Gasteiger partial charge is 0.416 e. The number of anilines is 1. The van der Waals surface area contributed by atoms with E-state index >= 15 is 0 Å². The molecule has 0 aliphatic carbocycles. The summed E-state index contributed by atoms with van der Waals surface area (Å²) in [4.78, 5) is 0. The summed E-state index contributed by atoms with van der Waals surface area (Å²) in [5.74, 6) is 0. The van der Waals surface area contributed by atoms with Crippen molar-refractivity contribution in [3.05, 3.63) is 29.3 Å². The maximum Gasteiger partial charge on any atom is 0.416 e. The van der Waals surface area contributed by atoms with Crippen molar-refractivity contribution in [2.24, 2.45) is 0 Å². The van der Waals surface area contributed by atoms with Gasteiger partial charge in [0, 0.05) is 5.69 Å². The molecule has 1 rings (SSSR count). The molecule has 0 atom stereocenters. The van der Waals surface area contributed by atoms with E-state index in [-0.39, 0.29) is 20.5 Å². The van der Waals surface area contributed by atoms with Gasteiger partial charge in [0.25, 0.3) is 0 Å². The molecule has 0 aliphatic heterocycles. The minimum atomic E-state index is -4.41. The minimum Gasteiger partial charge on any atom is -0.408 e. The summed E-state index contributed by atoms with van der Waals surface area (Å²) < 4.78 is 44.3. The summed E-state index contributed by atoms with van der Waals surface area (Å²) in [6.07, 6.45) is -4.41. The van der Waals surface area contributed by atoms with E-state index in [1.54, 1.807) is 13.8 Å². The third-order valence-electron chi connectivity index (χ3n) is 2.59. The van der Waals surface area contributed by atoms with Crippen LogP contribution in [0.1, 0.15) is 45.7 Å². The average Bonchev–Trinajstić information content (AvgIpc) is 2.23. The van der Waals surface area contributed by atoms with Crippen LogP contribution < -0.4 is 5.73 Å². The third kappa shape index (κ3) is 4.83. The van der Waals surface area contributed by atoms with Crippen LogP contribution in [0.4, 0.5) is 18.9 Å². The van der Waals surface area contributed by atoms with Crippen LogP contribution in [-0.4, -0.2) is 9.76 Å². The summed E-state index contributed by atoms with van der Waals surface area (Å²) in [7, 11) is 0.177. The number of alkyl halides is 3. The van der Waals surface area contributed by atoms with E-state index in [2.05, 4.69) is 0 Å². The zero-order valence-corrected chi connectivity index (χ0v) is 13.4. The van der Waals surface area contributed by atoms with Gasteiger partial charge in [0.15, 0.2) is 0 Å². The molecular formula is C14H20F3NOSi. The molecule has 0 saturated heterocycles. The standard InChI is InChI=1S/C14H20F3NOSi/c1-12(2,3)20-19-13(4,5)9-6-10(14(15,16)17)8-11(18)7-9/h6-8H,18H2,1-5H3. The topological polar surface area (TPSA) is 35.2 Å². The molecule has 0 aromatic heterocycles. The Labute approximate surface area is 120 Å². The molecule has 0 heterocycles. The second-order valence-electron chi connectivity index (χ2n) is 6.31. The maximum atomic E-state index is 12.8. The van der Waals surface area contributed by atoms with Crippen molar-refractivity contribution < 1.29 is 17.6 Å². The quantitative estimate of drug-likeness (QED) is 0.664. The Bertz CT molecular complexity index is 478. The van der Waals surface area contributed by atoms with Crippen molar-refractivity contribution in [3.8, 4) is 0 Å². The second-order valence-corrected chi connectivity index (χ2v) is 8.21. The highest BCUT2D eigenvalue weighted by molar-refractivity contribution is 6.31. The van der Waals surface area contributed by atoms with Gasteiger partial charge in [0.2, 0.25) is 9.76 Å². The number of hydrogen-bond donors (Lipinski definition) is 1. The van der Waals surface area contributed by atoms with Gasteiger partial charge >= 0.3 is 6.18 Å². The van der Waals surface area contributed by atoms with Crippen molar-refractivity contribution in [2.75, 3.05) is 5.73 Å². The Kier molecular flexibility index (Phi) is 4.61. The molecule has 0 saturated carbocycles. The summed E-state index contributed by atoms with van der Waals surface area (Å²) in [6, 6.07) is 3.57. The Hall–Kier alpha value is -1.01. The smallest absolute Gasteiger partial charge is 0.408 e.